The predicted octanol–water partition coefficient (Wildman–Crippen LogP) is 0.527. The maximum Gasteiger partial charge on any atom is 0.317 e. The first-order valence-electron chi connectivity index (χ1n) is 5.48. The van der Waals surface area contributed by atoms with Gasteiger partial charge >= 0.3 is 6.03 Å². The number of rotatable bonds is 1. The number of urea groups is 1. The van der Waals surface area contributed by atoms with Crippen molar-refractivity contribution in [3.05, 3.63) is 0 Å². The fraction of sp³-hybridized carbons (Fsp3) is 0.900. The van der Waals surface area contributed by atoms with Crippen molar-refractivity contribution in [2.24, 2.45) is 11.7 Å². The van der Waals surface area contributed by atoms with Crippen LogP contribution >= 0.6 is 0 Å². The molecule has 0 aromatic heterocycles. The molecule has 4 heteroatoms. The highest BCUT2D eigenvalue weighted by molar-refractivity contribution is 5.75. The smallest absolute Gasteiger partial charge is 0.317 e. The molecule has 0 radical (unpaired) electrons. The Labute approximate surface area is 84.8 Å². The number of nitrogens with zero attached hydrogens (tertiary/aromatic N) is 1. The van der Waals surface area contributed by atoms with Crippen LogP contribution in [0, 0.1) is 5.92 Å². The van der Waals surface area contributed by atoms with Gasteiger partial charge in [0.1, 0.15) is 0 Å². The molecule has 0 aromatic carbocycles. The zero-order chi connectivity index (χ0) is 10.1. The third kappa shape index (κ3) is 2.18. The molecule has 14 heavy (non-hydrogen) atoms. The number of amides is 2. The summed E-state index contributed by atoms with van der Waals surface area (Å²) >= 11 is 0. The standard InChI is InChI=1S/C10H19N3O/c1-7-3-2-4-13(6-7)10(14)12-9-5-8(9)11/h7-9H,2-6,11H2,1H3,(H,12,14). The van der Waals surface area contributed by atoms with Gasteiger partial charge in [0.25, 0.3) is 0 Å². The number of carbonyl (C=O) groups excluding carboxylic acids is 1. The van der Waals surface area contributed by atoms with Crippen LogP contribution in [0.1, 0.15) is 26.2 Å². The van der Waals surface area contributed by atoms with Gasteiger partial charge in [0.05, 0.1) is 0 Å². The number of nitrogens with one attached hydrogen (secondary N) is 1. The molecule has 0 bridgehead atoms. The predicted molar refractivity (Wildman–Crippen MR) is 54.9 cm³/mol. The average molecular weight is 197 g/mol. The van der Waals surface area contributed by atoms with Crippen LogP contribution in [0.2, 0.25) is 0 Å². The second-order valence-corrected chi connectivity index (χ2v) is 4.65. The molecule has 1 aliphatic carbocycles. The molecule has 2 amide bonds. The Kier molecular flexibility index (Phi) is 2.63. The van der Waals surface area contributed by atoms with E-state index < -0.39 is 0 Å². The van der Waals surface area contributed by atoms with E-state index in [0.717, 1.165) is 25.9 Å². The van der Waals surface area contributed by atoms with E-state index in [9.17, 15) is 4.79 Å². The second-order valence-electron chi connectivity index (χ2n) is 4.65. The zero-order valence-corrected chi connectivity index (χ0v) is 8.70. The van der Waals surface area contributed by atoms with Gasteiger partial charge in [-0.3, -0.25) is 0 Å². The molecule has 0 aromatic rings. The fourth-order valence-electron chi connectivity index (χ4n) is 2.00. The van der Waals surface area contributed by atoms with Gasteiger partial charge in [-0.1, -0.05) is 6.92 Å². The number of likely N-dealkylation sites (tertiary alicyclic amines) is 1. The minimum atomic E-state index is 0.0782. The maximum atomic E-state index is 11.7. The SMILES string of the molecule is CC1CCCN(C(=O)NC2CC2N)C1. The molecule has 2 fully saturated rings. The molecule has 2 aliphatic rings. The Morgan fingerprint density at radius 1 is 1.57 bits per heavy atom. The molecule has 2 rings (SSSR count). The van der Waals surface area contributed by atoms with Gasteiger partial charge in [0.2, 0.25) is 0 Å². The Morgan fingerprint density at radius 2 is 2.29 bits per heavy atom. The highest BCUT2D eigenvalue weighted by atomic mass is 16.2. The molecule has 3 N–H and O–H groups in total. The first-order valence-corrected chi connectivity index (χ1v) is 5.48. The number of hydrogen-bond donors (Lipinski definition) is 2. The minimum Gasteiger partial charge on any atom is -0.334 e. The number of nitrogens with two attached hydrogens (primary N) is 1. The lowest BCUT2D eigenvalue weighted by Crippen LogP contribution is -2.46. The third-order valence-corrected chi connectivity index (χ3v) is 3.09. The summed E-state index contributed by atoms with van der Waals surface area (Å²) in [7, 11) is 0. The summed E-state index contributed by atoms with van der Waals surface area (Å²) in [5.74, 6) is 0.641. The van der Waals surface area contributed by atoms with Crippen LogP contribution in [0.25, 0.3) is 0 Å². The monoisotopic (exact) mass is 197 g/mol. The maximum absolute atomic E-state index is 11.7. The Morgan fingerprint density at radius 3 is 2.86 bits per heavy atom. The lowest BCUT2D eigenvalue weighted by molar-refractivity contribution is 0.169. The molecule has 1 heterocycles. The summed E-state index contributed by atoms with van der Waals surface area (Å²) in [6.45, 7) is 3.99. The van der Waals surface area contributed by atoms with Crippen molar-refractivity contribution in [1.82, 2.24) is 10.2 Å². The third-order valence-electron chi connectivity index (χ3n) is 3.09. The molecule has 4 nitrogen and oxygen atoms in total. The highest BCUT2D eigenvalue weighted by Crippen LogP contribution is 2.20. The van der Waals surface area contributed by atoms with E-state index in [2.05, 4.69) is 12.2 Å². The molecule has 80 valence electrons. The second kappa shape index (κ2) is 3.77. The van der Waals surface area contributed by atoms with Gasteiger partial charge in [-0.25, -0.2) is 4.79 Å². The van der Waals surface area contributed by atoms with Crippen molar-refractivity contribution in [3.8, 4) is 0 Å². The van der Waals surface area contributed by atoms with E-state index in [1.54, 1.807) is 0 Å². The van der Waals surface area contributed by atoms with E-state index in [1.807, 2.05) is 4.90 Å². The van der Waals surface area contributed by atoms with Crippen LogP contribution in [0.3, 0.4) is 0 Å². The summed E-state index contributed by atoms with van der Waals surface area (Å²) < 4.78 is 0. The fourth-order valence-corrected chi connectivity index (χ4v) is 2.00. The van der Waals surface area contributed by atoms with Crippen molar-refractivity contribution >= 4 is 6.03 Å². The minimum absolute atomic E-state index is 0.0782. The summed E-state index contributed by atoms with van der Waals surface area (Å²) in [5, 5.41) is 2.96. The lowest BCUT2D eigenvalue weighted by Gasteiger charge is -2.31. The normalized spacial score (nSPS) is 36.7. The first-order chi connectivity index (χ1) is 6.66. The molecule has 1 aliphatic heterocycles. The number of piperidine rings is 1. The van der Waals surface area contributed by atoms with Crippen molar-refractivity contribution in [2.75, 3.05) is 13.1 Å². The van der Waals surface area contributed by atoms with E-state index in [0.29, 0.717) is 5.92 Å². The van der Waals surface area contributed by atoms with E-state index in [4.69, 9.17) is 5.73 Å². The van der Waals surface area contributed by atoms with Crippen molar-refractivity contribution in [1.29, 1.82) is 0 Å². The van der Waals surface area contributed by atoms with Gasteiger partial charge in [0.15, 0.2) is 0 Å². The van der Waals surface area contributed by atoms with Gasteiger partial charge in [0, 0.05) is 25.2 Å². The van der Waals surface area contributed by atoms with Crippen molar-refractivity contribution in [2.45, 2.75) is 38.3 Å². The Hall–Kier alpha value is -0.770. The van der Waals surface area contributed by atoms with Crippen LogP contribution in [0.15, 0.2) is 0 Å². The molecule has 1 saturated carbocycles. The number of carbonyl (C=O) groups is 1. The van der Waals surface area contributed by atoms with Gasteiger partial charge in [-0.05, 0) is 25.2 Å². The highest BCUT2D eigenvalue weighted by Gasteiger charge is 2.36. The number of hydrogen-bond acceptors (Lipinski definition) is 2. The summed E-state index contributed by atoms with van der Waals surface area (Å²) in [6.07, 6.45) is 3.31. The van der Waals surface area contributed by atoms with Crippen LogP contribution in [0.5, 0.6) is 0 Å². The van der Waals surface area contributed by atoms with Crippen LogP contribution < -0.4 is 11.1 Å². The topological polar surface area (TPSA) is 58.4 Å². The molecule has 1 saturated heterocycles. The first kappa shape index (κ1) is 9.77. The van der Waals surface area contributed by atoms with Gasteiger partial charge in [-0.15, -0.1) is 0 Å². The molecular formula is C10H19N3O. The van der Waals surface area contributed by atoms with Crippen molar-refractivity contribution < 1.29 is 4.79 Å². The summed E-state index contributed by atoms with van der Waals surface area (Å²) in [4.78, 5) is 13.6. The Bertz CT molecular complexity index is 231. The summed E-state index contributed by atoms with van der Waals surface area (Å²) in [6, 6.07) is 0.510. The van der Waals surface area contributed by atoms with E-state index in [1.165, 1.54) is 6.42 Å². The molecule has 3 atom stereocenters. The van der Waals surface area contributed by atoms with Crippen LogP contribution in [-0.2, 0) is 0 Å². The van der Waals surface area contributed by atoms with Crippen LogP contribution in [0.4, 0.5) is 4.79 Å². The quantitative estimate of drug-likeness (QED) is 0.644. The lowest BCUT2D eigenvalue weighted by atomic mass is 10.0. The van der Waals surface area contributed by atoms with Gasteiger partial charge in [-0.2, -0.15) is 0 Å². The van der Waals surface area contributed by atoms with Crippen LogP contribution in [-0.4, -0.2) is 36.1 Å². The Balaban J connectivity index is 1.78. The zero-order valence-electron chi connectivity index (χ0n) is 8.70. The summed E-state index contributed by atoms with van der Waals surface area (Å²) in [5.41, 5.74) is 5.64. The van der Waals surface area contributed by atoms with Crippen molar-refractivity contribution in [3.63, 3.8) is 0 Å². The largest absolute Gasteiger partial charge is 0.334 e. The van der Waals surface area contributed by atoms with E-state index >= 15 is 0 Å². The van der Waals surface area contributed by atoms with E-state index in [-0.39, 0.29) is 18.1 Å². The van der Waals surface area contributed by atoms with Gasteiger partial charge < -0.3 is 16.0 Å². The average Bonchev–Trinajstić information content (AvgIpc) is 2.81. The molecule has 3 unspecified atom stereocenters. The molecule has 0 spiro atoms. The molecular weight excluding hydrogens is 178 g/mol.